The van der Waals surface area contributed by atoms with Crippen molar-refractivity contribution < 1.29 is 32.6 Å². The van der Waals surface area contributed by atoms with Gasteiger partial charge in [-0.3, -0.25) is 14.4 Å². The van der Waals surface area contributed by atoms with Crippen molar-refractivity contribution in [2.75, 3.05) is 13.7 Å². The van der Waals surface area contributed by atoms with Crippen LogP contribution < -0.4 is 15.6 Å². The number of halogens is 2. The summed E-state index contributed by atoms with van der Waals surface area (Å²) in [6.07, 6.45) is 0.891. The van der Waals surface area contributed by atoms with Gasteiger partial charge in [0.25, 0.3) is 5.56 Å². The van der Waals surface area contributed by atoms with Crippen LogP contribution in [0.3, 0.4) is 0 Å². The third kappa shape index (κ3) is 8.22. The van der Waals surface area contributed by atoms with E-state index in [9.17, 15) is 28.0 Å². The maximum absolute atomic E-state index is 13.7. The van der Waals surface area contributed by atoms with Crippen molar-refractivity contribution >= 4 is 28.8 Å². The molecule has 5 atom stereocenters. The van der Waals surface area contributed by atoms with Crippen molar-refractivity contribution in [2.24, 2.45) is 17.3 Å². The summed E-state index contributed by atoms with van der Waals surface area (Å²) in [4.78, 5) is 60.7. The molecule has 10 nitrogen and oxygen atoms in total. The number of hydrogen-bond donors (Lipinski definition) is 2. The number of amides is 2. The fourth-order valence-electron chi connectivity index (χ4n) is 6.89. The molecule has 2 heterocycles. The Morgan fingerprint density at radius 3 is 2.57 bits per heavy atom. The van der Waals surface area contributed by atoms with E-state index in [1.54, 1.807) is 51.0 Å². The number of alkyl carbamates (subject to hydrolysis) is 1. The molecule has 12 heteroatoms. The first-order valence-corrected chi connectivity index (χ1v) is 16.3. The number of aryl methyl sites for hydroxylation is 1. The van der Waals surface area contributed by atoms with Crippen molar-refractivity contribution in [1.29, 1.82) is 0 Å². The van der Waals surface area contributed by atoms with Crippen LogP contribution in [0, 0.1) is 17.3 Å². The molecule has 0 radical (unpaired) electrons. The monoisotopic (exact) mass is 646 g/mol. The Morgan fingerprint density at radius 1 is 1.20 bits per heavy atom. The van der Waals surface area contributed by atoms with Gasteiger partial charge >= 0.3 is 6.09 Å². The number of nitrogens with zero attached hydrogens (tertiary/aromatic N) is 2. The number of carbonyl (C=O) groups is 3. The molecule has 254 valence electrons. The number of fused-ring (bicyclic) bond motifs is 1. The number of unbranched alkanes of at least 4 members (excludes halogenated alkanes) is 2. The van der Waals surface area contributed by atoms with Crippen LogP contribution in [0.25, 0.3) is 11.0 Å². The molecule has 2 fully saturated rings. The molecular formula is C34H48F2N4O6. The number of alkyl halides is 2. The van der Waals surface area contributed by atoms with Gasteiger partial charge in [-0.15, -0.1) is 0 Å². The lowest BCUT2D eigenvalue weighted by Crippen LogP contribution is -2.57. The van der Waals surface area contributed by atoms with E-state index in [2.05, 4.69) is 15.3 Å². The highest BCUT2D eigenvalue weighted by atomic mass is 19.3. The predicted octanol–water partition coefficient (Wildman–Crippen LogP) is 5.81. The maximum Gasteiger partial charge on any atom is 0.408 e. The first-order valence-electron chi connectivity index (χ1n) is 16.3. The summed E-state index contributed by atoms with van der Waals surface area (Å²) in [5, 5.41) is 2.68. The van der Waals surface area contributed by atoms with Crippen LogP contribution in [0.2, 0.25) is 0 Å². The number of benzene rings is 1. The van der Waals surface area contributed by atoms with Gasteiger partial charge in [-0.25, -0.2) is 18.6 Å². The summed E-state index contributed by atoms with van der Waals surface area (Å²) in [6, 6.07) is 3.75. The quantitative estimate of drug-likeness (QED) is 0.248. The number of methoxy groups -OCH3 is 1. The van der Waals surface area contributed by atoms with Gasteiger partial charge in [0.15, 0.2) is 5.78 Å². The molecule has 1 aromatic heterocycles. The van der Waals surface area contributed by atoms with E-state index >= 15 is 0 Å². The first kappa shape index (κ1) is 35.3. The Kier molecular flexibility index (Phi) is 11.1. The number of Topliss-reactive ketones (excluding diaryl/α,β-unsaturated/α-hetero) is 1. The predicted molar refractivity (Wildman–Crippen MR) is 170 cm³/mol. The van der Waals surface area contributed by atoms with E-state index < -0.39 is 42.0 Å². The fraction of sp³-hybridized carbons (Fsp3) is 0.676. The van der Waals surface area contributed by atoms with Gasteiger partial charge in [0.1, 0.15) is 23.1 Å². The highest BCUT2D eigenvalue weighted by Crippen LogP contribution is 2.53. The van der Waals surface area contributed by atoms with E-state index in [0.29, 0.717) is 67.5 Å². The van der Waals surface area contributed by atoms with Gasteiger partial charge < -0.3 is 24.7 Å². The van der Waals surface area contributed by atoms with E-state index in [1.807, 2.05) is 6.92 Å². The first-order chi connectivity index (χ1) is 21.7. The fourth-order valence-corrected chi connectivity index (χ4v) is 6.89. The van der Waals surface area contributed by atoms with E-state index in [-0.39, 0.29) is 29.1 Å². The summed E-state index contributed by atoms with van der Waals surface area (Å²) < 4.78 is 38.2. The van der Waals surface area contributed by atoms with Gasteiger partial charge in [0, 0.05) is 24.9 Å². The number of likely N-dealkylation sites (tertiary alicyclic amines) is 1. The number of H-pyrrole nitrogens is 1. The number of aromatic nitrogens is 2. The Morgan fingerprint density at radius 2 is 1.93 bits per heavy atom. The standard InChI is InChI=1S/C34H48F2N4O6/c1-7-21-15-16-40(28(21)20(2)41)31(43)29(33(3,4)5)39-32(44)46-34(19-27(35)36)18-22(34)11-9-8-10-12-25-30(42)38-26-17-23(45-6)13-14-24(26)37-25/h13-14,17,21-22,27-29H,7-12,15-16,18-19H2,1-6H3,(H,38,42)(H,39,44)/t21-,22-,28-,29-,34+/m1/s1. The minimum atomic E-state index is -2.66. The second kappa shape index (κ2) is 14.5. The second-order valence-corrected chi connectivity index (χ2v) is 13.9. The summed E-state index contributed by atoms with van der Waals surface area (Å²) in [7, 11) is 1.55. The van der Waals surface area contributed by atoms with Crippen LogP contribution >= 0.6 is 0 Å². The van der Waals surface area contributed by atoms with Crippen LogP contribution in [0.4, 0.5) is 13.6 Å². The summed E-state index contributed by atoms with van der Waals surface area (Å²) in [5.41, 5.74) is -0.550. The Hall–Kier alpha value is -3.57. The molecule has 1 aromatic carbocycles. The highest BCUT2D eigenvalue weighted by Gasteiger charge is 2.59. The van der Waals surface area contributed by atoms with Gasteiger partial charge in [0.05, 0.1) is 24.2 Å². The molecule has 1 aliphatic carbocycles. The second-order valence-electron chi connectivity index (χ2n) is 13.9. The smallest absolute Gasteiger partial charge is 0.408 e. The molecular weight excluding hydrogens is 598 g/mol. The maximum atomic E-state index is 13.7. The summed E-state index contributed by atoms with van der Waals surface area (Å²) in [5.74, 6) is 0.00453. The van der Waals surface area contributed by atoms with Crippen molar-refractivity contribution in [1.82, 2.24) is 20.2 Å². The largest absolute Gasteiger partial charge is 0.497 e. The number of ketones is 1. The Bertz CT molecular complexity index is 1470. The molecule has 4 rings (SSSR count). The molecule has 46 heavy (non-hydrogen) atoms. The van der Waals surface area contributed by atoms with Crippen LogP contribution in [0.5, 0.6) is 5.75 Å². The topological polar surface area (TPSA) is 131 Å². The lowest BCUT2D eigenvalue weighted by molar-refractivity contribution is -0.141. The van der Waals surface area contributed by atoms with Crippen molar-refractivity contribution in [3.05, 3.63) is 34.2 Å². The molecule has 1 aliphatic heterocycles. The molecule has 2 amide bonds. The SMILES string of the molecule is CC[C@@H]1CCN(C(=O)[C@@H](NC(=O)O[C@]2(CC(F)F)C[C@H]2CCCCCc2nc3ccc(OC)cc3[nH]c2=O)C(C)(C)C)[C@@H]1C(C)=O. The van der Waals surface area contributed by atoms with E-state index in [1.165, 1.54) is 6.92 Å². The molecule has 0 bridgehead atoms. The van der Waals surface area contributed by atoms with Crippen LogP contribution in [-0.2, 0) is 20.7 Å². The molecule has 2 N–H and O–H groups in total. The minimum absolute atomic E-state index is 0.0599. The average Bonchev–Trinajstić information content (AvgIpc) is 3.43. The third-order valence-corrected chi connectivity index (χ3v) is 9.53. The normalized spacial score (nSPS) is 23.4. The Balaban J connectivity index is 1.32. The number of ether oxygens (including phenoxy) is 2. The van der Waals surface area contributed by atoms with Gasteiger partial charge in [-0.05, 0) is 62.5 Å². The summed E-state index contributed by atoms with van der Waals surface area (Å²) >= 11 is 0. The number of hydrogen-bond acceptors (Lipinski definition) is 7. The third-order valence-electron chi connectivity index (χ3n) is 9.53. The zero-order valence-electron chi connectivity index (χ0n) is 27.8. The lowest BCUT2D eigenvalue weighted by Gasteiger charge is -2.36. The zero-order valence-corrected chi connectivity index (χ0v) is 27.8. The molecule has 2 aliphatic rings. The number of aromatic amines is 1. The number of nitrogens with one attached hydrogen (secondary N) is 2. The highest BCUT2D eigenvalue weighted by molar-refractivity contribution is 5.92. The van der Waals surface area contributed by atoms with Crippen LogP contribution in [-0.4, -0.2) is 70.4 Å². The van der Waals surface area contributed by atoms with E-state index in [4.69, 9.17) is 9.47 Å². The number of carbonyl (C=O) groups excluding carboxylic acids is 3. The van der Waals surface area contributed by atoms with Crippen molar-refractivity contribution in [3.63, 3.8) is 0 Å². The zero-order chi connectivity index (χ0) is 33.8. The molecule has 0 spiro atoms. The Labute approximate surface area is 269 Å². The molecule has 1 saturated heterocycles. The van der Waals surface area contributed by atoms with Gasteiger partial charge in [0.2, 0.25) is 12.3 Å². The lowest BCUT2D eigenvalue weighted by atomic mass is 9.85. The van der Waals surface area contributed by atoms with Crippen molar-refractivity contribution in [3.8, 4) is 5.75 Å². The minimum Gasteiger partial charge on any atom is -0.497 e. The average molecular weight is 647 g/mol. The molecule has 2 aromatic rings. The molecule has 0 unspecified atom stereocenters. The van der Waals surface area contributed by atoms with E-state index in [0.717, 1.165) is 12.8 Å². The van der Waals surface area contributed by atoms with Gasteiger partial charge in [-0.1, -0.05) is 47.0 Å². The van der Waals surface area contributed by atoms with Crippen LogP contribution in [0.15, 0.2) is 23.0 Å². The van der Waals surface area contributed by atoms with Gasteiger partial charge in [-0.2, -0.15) is 0 Å². The summed E-state index contributed by atoms with van der Waals surface area (Å²) in [6.45, 7) is 9.30. The van der Waals surface area contributed by atoms with Crippen LogP contribution in [0.1, 0.15) is 91.7 Å². The molecule has 1 saturated carbocycles. The van der Waals surface area contributed by atoms with Crippen molar-refractivity contribution in [2.45, 2.75) is 117 Å². The number of rotatable bonds is 14.